The first kappa shape index (κ1) is 19.9. The van der Waals surface area contributed by atoms with Gasteiger partial charge in [-0.25, -0.2) is 4.68 Å². The van der Waals surface area contributed by atoms with Crippen LogP contribution < -0.4 is 19.5 Å². The Hall–Kier alpha value is -4.40. The number of nitrogens with one attached hydrogen (secondary N) is 1. The van der Waals surface area contributed by atoms with E-state index in [4.69, 9.17) is 14.2 Å². The summed E-state index contributed by atoms with van der Waals surface area (Å²) >= 11 is 0. The predicted molar refractivity (Wildman–Crippen MR) is 113 cm³/mol. The van der Waals surface area contributed by atoms with Crippen LogP contribution in [0.5, 0.6) is 23.1 Å². The van der Waals surface area contributed by atoms with Gasteiger partial charge in [0.15, 0.2) is 17.3 Å². The largest absolute Gasteiger partial charge is 0.493 e. The lowest BCUT2D eigenvalue weighted by atomic mass is 10.1. The summed E-state index contributed by atoms with van der Waals surface area (Å²) in [5.74, 6) is 2.03. The molecule has 4 aromatic rings. The number of methoxy groups -OCH3 is 2. The van der Waals surface area contributed by atoms with Crippen LogP contribution in [0.1, 0.15) is 10.4 Å². The van der Waals surface area contributed by atoms with Crippen LogP contribution in [0.15, 0.2) is 73.1 Å². The highest BCUT2D eigenvalue weighted by atomic mass is 16.5. The van der Waals surface area contributed by atoms with E-state index in [0.717, 1.165) is 0 Å². The maximum atomic E-state index is 12.7. The third kappa shape index (κ3) is 4.45. The molecule has 0 bridgehead atoms. The van der Waals surface area contributed by atoms with Crippen molar-refractivity contribution in [2.45, 2.75) is 0 Å². The van der Waals surface area contributed by atoms with Crippen molar-refractivity contribution in [3.8, 4) is 28.9 Å². The summed E-state index contributed by atoms with van der Waals surface area (Å²) in [5.41, 5.74) is 0.969. The summed E-state index contributed by atoms with van der Waals surface area (Å²) in [7, 11) is 3.01. The Morgan fingerprint density at radius 1 is 0.935 bits per heavy atom. The summed E-state index contributed by atoms with van der Waals surface area (Å²) in [6.07, 6.45) is 3.44. The Labute approximate surface area is 178 Å². The summed E-state index contributed by atoms with van der Waals surface area (Å²) < 4.78 is 17.9. The quantitative estimate of drug-likeness (QED) is 0.489. The third-order valence-corrected chi connectivity index (χ3v) is 4.35. The monoisotopic (exact) mass is 417 g/mol. The molecule has 0 saturated carbocycles. The summed E-state index contributed by atoms with van der Waals surface area (Å²) in [5, 5.41) is 15.1. The summed E-state index contributed by atoms with van der Waals surface area (Å²) in [6.45, 7) is 0. The second kappa shape index (κ2) is 8.95. The van der Waals surface area contributed by atoms with Crippen molar-refractivity contribution in [3.05, 3.63) is 78.6 Å². The van der Waals surface area contributed by atoms with Crippen LogP contribution in [0.3, 0.4) is 0 Å². The van der Waals surface area contributed by atoms with Gasteiger partial charge in [-0.05, 0) is 48.5 Å². The number of carbonyl (C=O) groups excluding carboxylic acids is 1. The van der Waals surface area contributed by atoms with Crippen LogP contribution in [0.4, 0.5) is 5.69 Å². The van der Waals surface area contributed by atoms with Crippen molar-refractivity contribution in [3.63, 3.8) is 0 Å². The molecule has 2 aromatic carbocycles. The van der Waals surface area contributed by atoms with Crippen LogP contribution in [0, 0.1) is 0 Å². The summed E-state index contributed by atoms with van der Waals surface area (Å²) in [4.78, 5) is 12.7. The molecule has 0 fully saturated rings. The standard InChI is InChI=1S/C22H19N5O4/c1-29-18-6-3-5-17(21(18)30-2)22(28)24-15-7-9-16(10-8-15)31-20-12-11-19(25-26-20)27-14-4-13-23-27/h3-14H,1-2H3,(H,24,28). The molecule has 0 atom stereocenters. The molecule has 1 N–H and O–H groups in total. The van der Waals surface area contributed by atoms with Crippen LogP contribution in [0.2, 0.25) is 0 Å². The zero-order valence-electron chi connectivity index (χ0n) is 16.9. The highest BCUT2D eigenvalue weighted by molar-refractivity contribution is 6.06. The molecule has 0 unspecified atom stereocenters. The fourth-order valence-corrected chi connectivity index (χ4v) is 2.89. The van der Waals surface area contributed by atoms with Crippen LogP contribution >= 0.6 is 0 Å². The maximum Gasteiger partial charge on any atom is 0.259 e. The smallest absolute Gasteiger partial charge is 0.259 e. The van der Waals surface area contributed by atoms with Crippen molar-refractivity contribution in [1.29, 1.82) is 0 Å². The van der Waals surface area contributed by atoms with Crippen molar-refractivity contribution < 1.29 is 19.0 Å². The average Bonchev–Trinajstić information content (AvgIpc) is 3.35. The van der Waals surface area contributed by atoms with E-state index in [1.54, 1.807) is 77.7 Å². The van der Waals surface area contributed by atoms with Gasteiger partial charge in [0.25, 0.3) is 5.91 Å². The number of hydrogen-bond acceptors (Lipinski definition) is 7. The molecule has 2 aromatic heterocycles. The molecule has 9 heteroatoms. The molecule has 0 aliphatic rings. The zero-order valence-corrected chi connectivity index (χ0v) is 16.9. The fraction of sp³-hybridized carbons (Fsp3) is 0.0909. The first-order chi connectivity index (χ1) is 15.2. The Kier molecular flexibility index (Phi) is 5.75. The third-order valence-electron chi connectivity index (χ3n) is 4.35. The second-order valence-electron chi connectivity index (χ2n) is 6.30. The highest BCUT2D eigenvalue weighted by Crippen LogP contribution is 2.31. The molecule has 0 aliphatic carbocycles. The Balaban J connectivity index is 1.42. The van der Waals surface area contributed by atoms with Crippen LogP contribution in [-0.2, 0) is 0 Å². The predicted octanol–water partition coefficient (Wildman–Crippen LogP) is 3.72. The molecule has 0 saturated heterocycles. The van der Waals surface area contributed by atoms with Crippen molar-refractivity contribution in [2.24, 2.45) is 0 Å². The van der Waals surface area contributed by atoms with Gasteiger partial charge in [0.05, 0.1) is 19.8 Å². The van der Waals surface area contributed by atoms with E-state index in [-0.39, 0.29) is 5.91 Å². The number of hydrogen-bond donors (Lipinski definition) is 1. The van der Waals surface area contributed by atoms with Gasteiger partial charge in [-0.3, -0.25) is 4.79 Å². The van der Waals surface area contributed by atoms with Gasteiger partial charge < -0.3 is 19.5 Å². The first-order valence-corrected chi connectivity index (χ1v) is 9.32. The number of benzene rings is 2. The van der Waals surface area contributed by atoms with Crippen molar-refractivity contribution >= 4 is 11.6 Å². The SMILES string of the molecule is COc1cccc(C(=O)Nc2ccc(Oc3ccc(-n4cccn4)nn3)cc2)c1OC. The van der Waals surface area contributed by atoms with Crippen molar-refractivity contribution in [2.75, 3.05) is 19.5 Å². The van der Waals surface area contributed by atoms with E-state index in [1.165, 1.54) is 14.2 Å². The number of aromatic nitrogens is 4. The molecule has 2 heterocycles. The lowest BCUT2D eigenvalue weighted by molar-refractivity contribution is 0.102. The molecule has 0 spiro atoms. The second-order valence-corrected chi connectivity index (χ2v) is 6.30. The molecule has 156 valence electrons. The minimum Gasteiger partial charge on any atom is -0.493 e. The van der Waals surface area contributed by atoms with E-state index in [2.05, 4.69) is 20.6 Å². The van der Waals surface area contributed by atoms with Crippen LogP contribution in [-0.4, -0.2) is 40.1 Å². The van der Waals surface area contributed by atoms with Gasteiger partial charge in [-0.2, -0.15) is 5.10 Å². The normalized spacial score (nSPS) is 10.4. The molecule has 0 radical (unpaired) electrons. The molecular formula is C22H19N5O4. The van der Waals surface area contributed by atoms with E-state index in [0.29, 0.717) is 40.2 Å². The molecule has 0 aliphatic heterocycles. The number of ether oxygens (including phenoxy) is 3. The maximum absolute atomic E-state index is 12.7. The van der Waals surface area contributed by atoms with E-state index in [9.17, 15) is 4.79 Å². The number of nitrogens with zero attached hydrogens (tertiary/aromatic N) is 4. The summed E-state index contributed by atoms with van der Waals surface area (Å²) in [6, 6.07) is 17.3. The Morgan fingerprint density at radius 2 is 1.77 bits per heavy atom. The number of para-hydroxylation sites is 1. The molecule has 4 rings (SSSR count). The molecule has 9 nitrogen and oxygen atoms in total. The Morgan fingerprint density at radius 3 is 2.42 bits per heavy atom. The van der Waals surface area contributed by atoms with Crippen LogP contribution in [0.25, 0.3) is 5.82 Å². The Bertz CT molecular complexity index is 1160. The van der Waals surface area contributed by atoms with E-state index >= 15 is 0 Å². The van der Waals surface area contributed by atoms with Crippen molar-refractivity contribution in [1.82, 2.24) is 20.0 Å². The minimum atomic E-state index is -0.315. The lowest BCUT2D eigenvalue weighted by Gasteiger charge is -2.13. The molecule has 31 heavy (non-hydrogen) atoms. The topological polar surface area (TPSA) is 100 Å². The van der Waals surface area contributed by atoms with Gasteiger partial charge >= 0.3 is 0 Å². The number of amides is 1. The highest BCUT2D eigenvalue weighted by Gasteiger charge is 2.16. The lowest BCUT2D eigenvalue weighted by Crippen LogP contribution is -2.13. The van der Waals surface area contributed by atoms with E-state index in [1.807, 2.05) is 0 Å². The fourth-order valence-electron chi connectivity index (χ4n) is 2.89. The number of rotatable bonds is 7. The first-order valence-electron chi connectivity index (χ1n) is 9.32. The zero-order chi connectivity index (χ0) is 21.6. The van der Waals surface area contributed by atoms with Gasteiger partial charge in [0, 0.05) is 24.1 Å². The van der Waals surface area contributed by atoms with E-state index < -0.39 is 0 Å². The van der Waals surface area contributed by atoms with Gasteiger partial charge in [-0.15, -0.1) is 10.2 Å². The molecular weight excluding hydrogens is 398 g/mol. The van der Waals surface area contributed by atoms with Gasteiger partial charge in [0.1, 0.15) is 5.75 Å². The molecule has 1 amide bonds. The number of carbonyl (C=O) groups is 1. The van der Waals surface area contributed by atoms with Gasteiger partial charge in [0.2, 0.25) is 5.88 Å². The minimum absolute atomic E-state index is 0.315. The number of anilines is 1. The average molecular weight is 417 g/mol. The van der Waals surface area contributed by atoms with Gasteiger partial charge in [-0.1, -0.05) is 6.07 Å².